The van der Waals surface area contributed by atoms with Crippen molar-refractivity contribution < 1.29 is 13.2 Å². The van der Waals surface area contributed by atoms with Gasteiger partial charge in [-0.1, -0.05) is 36.4 Å². The van der Waals surface area contributed by atoms with Gasteiger partial charge in [0.15, 0.2) is 0 Å². The molecule has 0 saturated heterocycles. The Hall–Kier alpha value is -3.52. The minimum Gasteiger partial charge on any atom is -0.271 e. The van der Waals surface area contributed by atoms with Crippen molar-refractivity contribution in [1.29, 1.82) is 0 Å². The van der Waals surface area contributed by atoms with Crippen LogP contribution in [0.4, 0.5) is 5.69 Å². The van der Waals surface area contributed by atoms with Gasteiger partial charge < -0.3 is 0 Å². The highest BCUT2D eigenvalue weighted by molar-refractivity contribution is 7.92. The molecule has 1 N–H and O–H groups in total. The van der Waals surface area contributed by atoms with Gasteiger partial charge in [-0.2, -0.15) is 5.10 Å². The first-order valence-electron chi connectivity index (χ1n) is 8.84. The van der Waals surface area contributed by atoms with E-state index in [1.807, 2.05) is 13.0 Å². The number of hydrogen-bond donors (Lipinski definition) is 1. The Bertz CT molecular complexity index is 1100. The number of benzene rings is 2. The molecule has 0 aliphatic heterocycles. The molecule has 0 fully saturated rings. The van der Waals surface area contributed by atoms with E-state index in [1.54, 1.807) is 60.8 Å². The molecular weight excluding hydrogens is 388 g/mol. The van der Waals surface area contributed by atoms with Crippen molar-refractivity contribution in [1.82, 2.24) is 10.4 Å². The monoisotopic (exact) mass is 408 g/mol. The SMILES string of the molecule is Cc1cccc(N(CC(=O)N/N=C/c2ccccn2)S(=O)(=O)c2ccccc2)c1. The number of pyridine rings is 1. The minimum atomic E-state index is -3.93. The average molecular weight is 408 g/mol. The zero-order valence-corrected chi connectivity index (χ0v) is 16.6. The van der Waals surface area contributed by atoms with Gasteiger partial charge in [-0.25, -0.2) is 13.8 Å². The van der Waals surface area contributed by atoms with E-state index in [0.29, 0.717) is 11.4 Å². The number of aryl methyl sites for hydroxylation is 1. The minimum absolute atomic E-state index is 0.103. The topological polar surface area (TPSA) is 91.7 Å². The van der Waals surface area contributed by atoms with Crippen LogP contribution < -0.4 is 9.73 Å². The van der Waals surface area contributed by atoms with Crippen LogP contribution in [0.3, 0.4) is 0 Å². The molecule has 2 aromatic carbocycles. The summed E-state index contributed by atoms with van der Waals surface area (Å²) in [5.74, 6) is -0.571. The van der Waals surface area contributed by atoms with Gasteiger partial charge in [-0.3, -0.25) is 14.1 Å². The van der Waals surface area contributed by atoms with E-state index < -0.39 is 22.5 Å². The molecule has 0 radical (unpaired) electrons. The first-order valence-corrected chi connectivity index (χ1v) is 10.3. The van der Waals surface area contributed by atoms with Crippen LogP contribution in [0.25, 0.3) is 0 Å². The summed E-state index contributed by atoms with van der Waals surface area (Å²) in [5.41, 5.74) is 4.20. The van der Waals surface area contributed by atoms with E-state index in [0.717, 1.165) is 9.87 Å². The Balaban J connectivity index is 1.84. The molecule has 8 heteroatoms. The van der Waals surface area contributed by atoms with Crippen LogP contribution in [0.1, 0.15) is 11.3 Å². The van der Waals surface area contributed by atoms with E-state index >= 15 is 0 Å². The third kappa shape index (κ3) is 5.26. The molecule has 0 aliphatic rings. The molecule has 148 valence electrons. The fourth-order valence-corrected chi connectivity index (χ4v) is 4.04. The van der Waals surface area contributed by atoms with Crippen molar-refractivity contribution >= 4 is 27.8 Å². The van der Waals surface area contributed by atoms with Crippen LogP contribution in [0, 0.1) is 6.92 Å². The summed E-state index contributed by atoms with van der Waals surface area (Å²) >= 11 is 0. The molecule has 0 unspecified atom stereocenters. The molecule has 7 nitrogen and oxygen atoms in total. The maximum absolute atomic E-state index is 13.2. The number of carbonyl (C=O) groups excluding carboxylic acids is 1. The highest BCUT2D eigenvalue weighted by Crippen LogP contribution is 2.24. The predicted molar refractivity (Wildman–Crippen MR) is 112 cm³/mol. The molecule has 1 heterocycles. The van der Waals surface area contributed by atoms with Crippen molar-refractivity contribution in [2.45, 2.75) is 11.8 Å². The van der Waals surface area contributed by atoms with Gasteiger partial charge >= 0.3 is 0 Å². The normalized spacial score (nSPS) is 11.3. The second kappa shape index (κ2) is 9.11. The number of nitrogens with zero attached hydrogens (tertiary/aromatic N) is 3. The fraction of sp³-hybridized carbons (Fsp3) is 0.0952. The lowest BCUT2D eigenvalue weighted by molar-refractivity contribution is -0.119. The van der Waals surface area contributed by atoms with Crippen molar-refractivity contribution in [3.8, 4) is 0 Å². The number of anilines is 1. The highest BCUT2D eigenvalue weighted by atomic mass is 32.2. The molecule has 0 bridgehead atoms. The van der Waals surface area contributed by atoms with Crippen LogP contribution in [-0.2, 0) is 14.8 Å². The van der Waals surface area contributed by atoms with Crippen LogP contribution in [0.15, 0.2) is 89.0 Å². The van der Waals surface area contributed by atoms with Gasteiger partial charge in [0.05, 0.1) is 22.5 Å². The average Bonchev–Trinajstić information content (AvgIpc) is 2.73. The van der Waals surface area contributed by atoms with Crippen LogP contribution in [0.2, 0.25) is 0 Å². The molecule has 3 rings (SSSR count). The number of aromatic nitrogens is 1. The van der Waals surface area contributed by atoms with E-state index in [-0.39, 0.29) is 4.90 Å². The molecule has 0 atom stereocenters. The summed E-state index contributed by atoms with van der Waals surface area (Å²) in [4.78, 5) is 16.6. The van der Waals surface area contributed by atoms with E-state index in [9.17, 15) is 13.2 Å². The zero-order valence-electron chi connectivity index (χ0n) is 15.8. The van der Waals surface area contributed by atoms with E-state index in [2.05, 4.69) is 15.5 Å². The first-order chi connectivity index (χ1) is 14.0. The number of nitrogens with one attached hydrogen (secondary N) is 1. The number of amides is 1. The van der Waals surface area contributed by atoms with Crippen LogP contribution in [-0.4, -0.2) is 32.1 Å². The van der Waals surface area contributed by atoms with Gasteiger partial charge in [-0.05, 0) is 48.9 Å². The largest absolute Gasteiger partial charge is 0.271 e. The summed E-state index contributed by atoms with van der Waals surface area (Å²) in [5, 5.41) is 3.85. The van der Waals surface area contributed by atoms with Crippen molar-refractivity contribution in [3.63, 3.8) is 0 Å². The molecule has 0 spiro atoms. The fourth-order valence-electron chi connectivity index (χ4n) is 2.61. The Kier molecular flexibility index (Phi) is 6.36. The number of hydrazone groups is 1. The summed E-state index contributed by atoms with van der Waals surface area (Å²) in [6.07, 6.45) is 3.00. The molecule has 29 heavy (non-hydrogen) atoms. The maximum Gasteiger partial charge on any atom is 0.264 e. The molecule has 0 aliphatic carbocycles. The van der Waals surface area contributed by atoms with Crippen molar-refractivity contribution in [2.75, 3.05) is 10.8 Å². The zero-order chi connectivity index (χ0) is 20.7. The highest BCUT2D eigenvalue weighted by Gasteiger charge is 2.27. The lowest BCUT2D eigenvalue weighted by Crippen LogP contribution is -2.39. The van der Waals surface area contributed by atoms with Gasteiger partial charge in [0.25, 0.3) is 15.9 Å². The van der Waals surface area contributed by atoms with Gasteiger partial charge in [0.1, 0.15) is 6.54 Å². The standard InChI is InChI=1S/C21H20N4O3S/c1-17-8-7-10-19(14-17)25(29(27,28)20-11-3-2-4-12-20)16-21(26)24-23-15-18-9-5-6-13-22-18/h2-15H,16H2,1H3,(H,24,26)/b23-15+. The number of sulfonamides is 1. The lowest BCUT2D eigenvalue weighted by atomic mass is 10.2. The Morgan fingerprint density at radius 3 is 2.52 bits per heavy atom. The van der Waals surface area contributed by atoms with Gasteiger partial charge in [0.2, 0.25) is 0 Å². The second-order valence-electron chi connectivity index (χ2n) is 6.21. The summed E-state index contributed by atoms with van der Waals surface area (Å²) in [7, 11) is -3.93. The van der Waals surface area contributed by atoms with Gasteiger partial charge in [0, 0.05) is 6.20 Å². The number of rotatable bonds is 7. The molecule has 3 aromatic rings. The Morgan fingerprint density at radius 1 is 1.07 bits per heavy atom. The van der Waals surface area contributed by atoms with Gasteiger partial charge in [-0.15, -0.1) is 0 Å². The van der Waals surface area contributed by atoms with E-state index in [4.69, 9.17) is 0 Å². The quantitative estimate of drug-likeness (QED) is 0.481. The first kappa shape index (κ1) is 20.2. The third-order valence-corrected chi connectivity index (χ3v) is 5.77. The smallest absolute Gasteiger partial charge is 0.264 e. The summed E-state index contributed by atoms with van der Waals surface area (Å²) < 4.78 is 27.4. The molecular formula is C21H20N4O3S. The van der Waals surface area contributed by atoms with E-state index in [1.165, 1.54) is 18.3 Å². The molecule has 1 amide bonds. The summed E-state index contributed by atoms with van der Waals surface area (Å²) in [6.45, 7) is 1.44. The maximum atomic E-state index is 13.2. The molecule has 1 aromatic heterocycles. The third-order valence-electron chi connectivity index (χ3n) is 3.98. The van der Waals surface area contributed by atoms with Crippen LogP contribution >= 0.6 is 0 Å². The second-order valence-corrected chi connectivity index (χ2v) is 8.07. The Labute approximate surface area is 169 Å². The summed E-state index contributed by atoms with van der Waals surface area (Å²) in [6, 6.07) is 20.3. The van der Waals surface area contributed by atoms with Crippen LogP contribution in [0.5, 0.6) is 0 Å². The number of carbonyl (C=O) groups is 1. The molecule has 0 saturated carbocycles. The predicted octanol–water partition coefficient (Wildman–Crippen LogP) is 2.74. The Morgan fingerprint density at radius 2 is 1.83 bits per heavy atom. The van der Waals surface area contributed by atoms with Crippen molar-refractivity contribution in [2.24, 2.45) is 5.10 Å². The lowest BCUT2D eigenvalue weighted by Gasteiger charge is -2.24. The van der Waals surface area contributed by atoms with Crippen molar-refractivity contribution in [3.05, 3.63) is 90.3 Å². The number of hydrogen-bond acceptors (Lipinski definition) is 5.